The van der Waals surface area contributed by atoms with Crippen molar-refractivity contribution in [1.29, 1.82) is 0 Å². The third kappa shape index (κ3) is 5.00. The second-order valence-corrected chi connectivity index (χ2v) is 7.69. The molecule has 8 heteroatoms. The zero-order valence-electron chi connectivity index (χ0n) is 17.9. The molecule has 2 aromatic carbocycles. The van der Waals surface area contributed by atoms with Crippen molar-refractivity contribution in [3.8, 4) is 5.75 Å². The topological polar surface area (TPSA) is 61.2 Å². The summed E-state index contributed by atoms with van der Waals surface area (Å²) in [7, 11) is 0. The van der Waals surface area contributed by atoms with Crippen molar-refractivity contribution in [3.63, 3.8) is 0 Å². The predicted molar refractivity (Wildman–Crippen MR) is 124 cm³/mol. The lowest BCUT2D eigenvalue weighted by Gasteiger charge is -2.13. The SMILES string of the molecule is CCOCCn1c(C)cc2ncnc(Nc3ccc(OCc4cccc(F)c4)c(Cl)c3)c21. The highest BCUT2D eigenvalue weighted by atomic mass is 35.5. The van der Waals surface area contributed by atoms with Crippen LogP contribution in [0, 0.1) is 12.7 Å². The second-order valence-electron chi connectivity index (χ2n) is 7.28. The Labute approximate surface area is 191 Å². The van der Waals surface area contributed by atoms with Crippen molar-refractivity contribution >= 4 is 34.1 Å². The van der Waals surface area contributed by atoms with Crippen LogP contribution >= 0.6 is 11.6 Å². The van der Waals surface area contributed by atoms with E-state index in [4.69, 9.17) is 21.1 Å². The maximum Gasteiger partial charge on any atom is 0.158 e. The predicted octanol–water partition coefficient (Wildman–Crippen LogP) is 5.89. The first kappa shape index (κ1) is 22.0. The van der Waals surface area contributed by atoms with Crippen LogP contribution in [0.4, 0.5) is 15.9 Å². The van der Waals surface area contributed by atoms with Crippen molar-refractivity contribution in [3.05, 3.63) is 77.0 Å². The Balaban J connectivity index is 1.53. The first-order valence-electron chi connectivity index (χ1n) is 10.4. The molecule has 6 nitrogen and oxygen atoms in total. The zero-order valence-corrected chi connectivity index (χ0v) is 18.7. The average molecular weight is 455 g/mol. The Morgan fingerprint density at radius 3 is 2.78 bits per heavy atom. The lowest BCUT2D eigenvalue weighted by Crippen LogP contribution is -2.08. The molecule has 0 atom stereocenters. The number of aryl methyl sites for hydroxylation is 1. The van der Waals surface area contributed by atoms with E-state index in [-0.39, 0.29) is 12.4 Å². The maximum absolute atomic E-state index is 13.4. The summed E-state index contributed by atoms with van der Waals surface area (Å²) < 4.78 is 26.8. The lowest BCUT2D eigenvalue weighted by atomic mass is 10.2. The highest BCUT2D eigenvalue weighted by molar-refractivity contribution is 6.32. The molecule has 1 N–H and O–H groups in total. The summed E-state index contributed by atoms with van der Waals surface area (Å²) in [6.07, 6.45) is 1.54. The minimum Gasteiger partial charge on any atom is -0.487 e. The molecule has 0 bridgehead atoms. The minimum absolute atomic E-state index is 0.226. The van der Waals surface area contributed by atoms with Crippen LogP contribution in [0.3, 0.4) is 0 Å². The number of aromatic nitrogens is 3. The Hall–Kier alpha value is -3.16. The van der Waals surface area contributed by atoms with Crippen molar-refractivity contribution in [2.24, 2.45) is 0 Å². The largest absolute Gasteiger partial charge is 0.487 e. The monoisotopic (exact) mass is 454 g/mol. The van der Waals surface area contributed by atoms with Crippen LogP contribution in [0.25, 0.3) is 11.0 Å². The highest BCUT2D eigenvalue weighted by Gasteiger charge is 2.13. The van der Waals surface area contributed by atoms with Gasteiger partial charge in [-0.15, -0.1) is 0 Å². The van der Waals surface area contributed by atoms with E-state index >= 15 is 0 Å². The quantitative estimate of drug-likeness (QED) is 0.319. The molecule has 0 aliphatic heterocycles. The van der Waals surface area contributed by atoms with E-state index in [0.717, 1.165) is 28.0 Å². The standard InChI is InChI=1S/C24H24ClFN4O2/c1-3-31-10-9-30-16(2)11-21-23(30)24(28-15-27-21)29-19-7-8-22(20(25)13-19)32-14-17-5-4-6-18(26)12-17/h4-8,11-13,15H,3,9-10,14H2,1-2H3,(H,27,28,29). The van der Waals surface area contributed by atoms with E-state index in [1.165, 1.54) is 18.5 Å². The number of halogens is 2. The van der Waals surface area contributed by atoms with Gasteiger partial charge in [0.2, 0.25) is 0 Å². The molecule has 2 aromatic heterocycles. The number of hydrogen-bond donors (Lipinski definition) is 1. The van der Waals surface area contributed by atoms with E-state index in [0.29, 0.717) is 36.3 Å². The molecule has 0 spiro atoms. The summed E-state index contributed by atoms with van der Waals surface area (Å²) in [6, 6.07) is 13.7. The maximum atomic E-state index is 13.4. The van der Waals surface area contributed by atoms with Crippen LogP contribution in [0.15, 0.2) is 54.9 Å². The fourth-order valence-corrected chi connectivity index (χ4v) is 3.75. The van der Waals surface area contributed by atoms with E-state index < -0.39 is 0 Å². The molecular weight excluding hydrogens is 431 g/mol. The molecule has 2 heterocycles. The first-order chi connectivity index (χ1) is 15.5. The fraction of sp³-hybridized carbons (Fsp3) is 0.250. The van der Waals surface area contributed by atoms with E-state index in [1.807, 2.05) is 26.0 Å². The average Bonchev–Trinajstić information content (AvgIpc) is 3.09. The van der Waals surface area contributed by atoms with Crippen molar-refractivity contribution in [2.75, 3.05) is 18.5 Å². The Morgan fingerprint density at radius 2 is 2.00 bits per heavy atom. The molecule has 4 rings (SSSR count). The van der Waals surface area contributed by atoms with Gasteiger partial charge in [0.25, 0.3) is 0 Å². The van der Waals surface area contributed by atoms with Crippen LogP contribution in [0.5, 0.6) is 5.75 Å². The van der Waals surface area contributed by atoms with Gasteiger partial charge in [0, 0.05) is 24.5 Å². The molecule has 166 valence electrons. The van der Waals surface area contributed by atoms with Crippen LogP contribution in [-0.2, 0) is 17.9 Å². The van der Waals surface area contributed by atoms with Crippen LogP contribution in [0.2, 0.25) is 5.02 Å². The molecule has 0 unspecified atom stereocenters. The van der Waals surface area contributed by atoms with Gasteiger partial charge in [0.15, 0.2) is 5.82 Å². The summed E-state index contributed by atoms with van der Waals surface area (Å²) in [5.74, 6) is 0.906. The number of hydrogen-bond acceptors (Lipinski definition) is 5. The summed E-state index contributed by atoms with van der Waals surface area (Å²) in [4.78, 5) is 8.85. The van der Waals surface area contributed by atoms with Gasteiger partial charge in [0.05, 0.1) is 17.1 Å². The van der Waals surface area contributed by atoms with E-state index in [1.54, 1.807) is 24.3 Å². The molecule has 32 heavy (non-hydrogen) atoms. The number of nitrogens with zero attached hydrogens (tertiary/aromatic N) is 3. The van der Waals surface area contributed by atoms with Gasteiger partial charge in [-0.1, -0.05) is 23.7 Å². The van der Waals surface area contributed by atoms with E-state index in [9.17, 15) is 4.39 Å². The van der Waals surface area contributed by atoms with Crippen LogP contribution in [0.1, 0.15) is 18.2 Å². The van der Waals surface area contributed by atoms with Gasteiger partial charge in [-0.2, -0.15) is 0 Å². The van der Waals surface area contributed by atoms with Gasteiger partial charge in [-0.05, 0) is 55.8 Å². The van der Waals surface area contributed by atoms with Gasteiger partial charge in [-0.3, -0.25) is 0 Å². The van der Waals surface area contributed by atoms with Gasteiger partial charge < -0.3 is 19.4 Å². The molecule has 4 aromatic rings. The molecule has 0 amide bonds. The van der Waals surface area contributed by atoms with Gasteiger partial charge in [-0.25, -0.2) is 14.4 Å². The summed E-state index contributed by atoms with van der Waals surface area (Å²) in [5.41, 5.74) is 4.35. The van der Waals surface area contributed by atoms with Crippen molar-refractivity contribution in [1.82, 2.24) is 14.5 Å². The second kappa shape index (κ2) is 9.97. The summed E-state index contributed by atoms with van der Waals surface area (Å²) in [6.45, 7) is 6.23. The molecule has 0 aliphatic carbocycles. The molecule has 0 saturated heterocycles. The van der Waals surface area contributed by atoms with Gasteiger partial charge >= 0.3 is 0 Å². The first-order valence-corrected chi connectivity index (χ1v) is 10.8. The van der Waals surface area contributed by atoms with Crippen molar-refractivity contribution < 1.29 is 13.9 Å². The van der Waals surface area contributed by atoms with E-state index in [2.05, 4.69) is 19.9 Å². The molecule has 0 saturated carbocycles. The highest BCUT2D eigenvalue weighted by Crippen LogP contribution is 2.31. The fourth-order valence-electron chi connectivity index (χ4n) is 3.52. The number of anilines is 2. The number of nitrogens with one attached hydrogen (secondary N) is 1. The number of fused-ring (bicyclic) bond motifs is 1. The smallest absolute Gasteiger partial charge is 0.158 e. The van der Waals surface area contributed by atoms with Crippen LogP contribution in [-0.4, -0.2) is 27.7 Å². The molecule has 0 fully saturated rings. The molecular formula is C24H24ClFN4O2. The zero-order chi connectivity index (χ0) is 22.5. The summed E-state index contributed by atoms with van der Waals surface area (Å²) >= 11 is 6.44. The Morgan fingerprint density at radius 1 is 1.12 bits per heavy atom. The van der Waals surface area contributed by atoms with Gasteiger partial charge in [0.1, 0.15) is 30.0 Å². The third-order valence-corrected chi connectivity index (χ3v) is 5.33. The molecule has 0 aliphatic rings. The summed E-state index contributed by atoms with van der Waals surface area (Å²) in [5, 5.41) is 3.78. The minimum atomic E-state index is -0.297. The molecule has 0 radical (unpaired) electrons. The van der Waals surface area contributed by atoms with Crippen LogP contribution < -0.4 is 10.1 Å². The number of rotatable bonds is 9. The normalized spacial score (nSPS) is 11.1. The Kier molecular flexibility index (Phi) is 6.87. The Bertz CT molecular complexity index is 1230. The lowest BCUT2D eigenvalue weighted by molar-refractivity contribution is 0.139. The number of benzene rings is 2. The number of ether oxygens (including phenoxy) is 2. The van der Waals surface area contributed by atoms with Crippen molar-refractivity contribution in [2.45, 2.75) is 27.0 Å². The third-order valence-electron chi connectivity index (χ3n) is 5.03.